The molecule has 3 aromatic rings. The van der Waals surface area contributed by atoms with Crippen LogP contribution in [0, 0.1) is 13.8 Å². The molecule has 0 saturated carbocycles. The van der Waals surface area contributed by atoms with Crippen LogP contribution in [0.15, 0.2) is 46.8 Å². The minimum Gasteiger partial charge on any atom is -0.497 e. The highest BCUT2D eigenvalue weighted by Crippen LogP contribution is 2.37. The Kier molecular flexibility index (Phi) is 5.37. The van der Waals surface area contributed by atoms with E-state index in [0.717, 1.165) is 11.6 Å². The Morgan fingerprint density at radius 3 is 2.36 bits per heavy atom. The van der Waals surface area contributed by atoms with Crippen LogP contribution in [0.2, 0.25) is 0 Å². The number of aryl methyl sites for hydroxylation is 1. The first-order valence-electron chi connectivity index (χ1n) is 8.18. The second-order valence-electron chi connectivity index (χ2n) is 6.09. The van der Waals surface area contributed by atoms with Crippen molar-refractivity contribution in [2.24, 2.45) is 4.36 Å². The third-order valence-corrected chi connectivity index (χ3v) is 4.61. The van der Waals surface area contributed by atoms with Crippen LogP contribution in [-0.2, 0) is 17.6 Å². The summed E-state index contributed by atoms with van der Waals surface area (Å²) in [6.07, 6.45) is -4.59. The quantitative estimate of drug-likeness (QED) is 0.596. The fourth-order valence-electron chi connectivity index (χ4n) is 2.92. The number of ether oxygens (including phenoxy) is 1. The van der Waals surface area contributed by atoms with Gasteiger partial charge in [-0.05, 0) is 55.3 Å². The fourth-order valence-corrected chi connectivity index (χ4v) is 3.28. The normalized spacial score (nSPS) is 11.4. The largest absolute Gasteiger partial charge is 0.497 e. The van der Waals surface area contributed by atoms with Crippen LogP contribution in [0.1, 0.15) is 16.8 Å². The fraction of sp³-hybridized carbons (Fsp3) is 0.211. The summed E-state index contributed by atoms with van der Waals surface area (Å²) in [4.78, 5) is 0. The number of hydrogen-bond donors (Lipinski definition) is 0. The van der Waals surface area contributed by atoms with Gasteiger partial charge in [-0.15, -0.1) is 0 Å². The molecule has 0 atom stereocenters. The number of nitrogens with zero attached hydrogens (tertiary/aromatic N) is 3. The van der Waals surface area contributed by atoms with Crippen molar-refractivity contribution < 1.29 is 22.1 Å². The predicted octanol–water partition coefficient (Wildman–Crippen LogP) is 5.21. The Bertz CT molecular complexity index is 1070. The van der Waals surface area contributed by atoms with E-state index in [1.54, 1.807) is 50.2 Å². The minimum atomic E-state index is -4.59. The Morgan fingerprint density at radius 1 is 1.11 bits per heavy atom. The van der Waals surface area contributed by atoms with E-state index < -0.39 is 11.9 Å². The van der Waals surface area contributed by atoms with Crippen LogP contribution in [0.4, 0.5) is 18.9 Å². The van der Waals surface area contributed by atoms with Gasteiger partial charge < -0.3 is 4.74 Å². The number of halogens is 3. The van der Waals surface area contributed by atoms with E-state index in [4.69, 9.17) is 4.74 Å². The molecule has 0 N–H and O–H groups in total. The molecule has 0 aliphatic heterocycles. The van der Waals surface area contributed by atoms with Gasteiger partial charge in [0.25, 0.3) is 0 Å². The van der Waals surface area contributed by atoms with Gasteiger partial charge in [-0.25, -0.2) is 4.68 Å². The van der Waals surface area contributed by atoms with Crippen LogP contribution in [0.5, 0.6) is 5.75 Å². The molecule has 3 rings (SSSR count). The van der Waals surface area contributed by atoms with E-state index in [1.807, 2.05) is 0 Å². The third kappa shape index (κ3) is 3.70. The molecule has 0 saturated heterocycles. The molecule has 9 heteroatoms. The number of alkyl halides is 3. The molecule has 146 valence electrons. The first-order chi connectivity index (χ1) is 13.3. The monoisotopic (exact) mass is 407 g/mol. The molecule has 0 radical (unpaired) electrons. The molecular formula is C19H16F3N3O2S. The lowest BCUT2D eigenvalue weighted by molar-refractivity contribution is -0.141. The summed E-state index contributed by atoms with van der Waals surface area (Å²) in [5, 5.41) is 3.78. The van der Waals surface area contributed by atoms with E-state index in [0.29, 0.717) is 28.3 Å². The van der Waals surface area contributed by atoms with Crippen molar-refractivity contribution in [1.29, 1.82) is 0 Å². The number of hydrogen-bond acceptors (Lipinski definition) is 4. The first-order valence-corrected chi connectivity index (χ1v) is 8.88. The van der Waals surface area contributed by atoms with E-state index in [-0.39, 0.29) is 17.2 Å². The molecule has 0 fully saturated rings. The molecule has 0 aliphatic rings. The zero-order chi connectivity index (χ0) is 20.5. The highest BCUT2D eigenvalue weighted by molar-refractivity contribution is 7.54. The SMILES string of the molecule is COc1ccc(-n2nc(C(F)(F)F)cc2-c2ccc(C)c(N=S=O)c2C)cc1. The van der Waals surface area contributed by atoms with Crippen LogP contribution in [0.25, 0.3) is 16.9 Å². The van der Waals surface area contributed by atoms with E-state index >= 15 is 0 Å². The smallest absolute Gasteiger partial charge is 0.435 e. The number of rotatable bonds is 4. The van der Waals surface area contributed by atoms with Gasteiger partial charge in [-0.3, -0.25) is 0 Å². The van der Waals surface area contributed by atoms with Crippen LogP contribution in [0.3, 0.4) is 0 Å². The molecule has 0 amide bonds. The highest BCUT2D eigenvalue weighted by atomic mass is 32.1. The standard InChI is InChI=1S/C19H16F3N3O2S/c1-11-4-9-15(12(2)18(11)24-28-26)16-10-17(19(20,21)22)23-25(16)13-5-7-14(27-3)8-6-13/h4-10H,1-3H3. The topological polar surface area (TPSA) is 56.5 Å². The van der Waals surface area contributed by atoms with Gasteiger partial charge in [0.05, 0.1) is 24.2 Å². The summed E-state index contributed by atoms with van der Waals surface area (Å²) in [6, 6.07) is 11.0. The molecule has 0 aliphatic carbocycles. The predicted molar refractivity (Wildman–Crippen MR) is 100 cm³/mol. The Hall–Kier alpha value is -2.94. The van der Waals surface area contributed by atoms with Crippen LogP contribution >= 0.6 is 0 Å². The molecule has 5 nitrogen and oxygen atoms in total. The number of aromatic nitrogens is 2. The molecular weight excluding hydrogens is 391 g/mol. The number of methoxy groups -OCH3 is 1. The van der Waals surface area contributed by atoms with Crippen molar-refractivity contribution in [3.05, 3.63) is 59.3 Å². The van der Waals surface area contributed by atoms with Crippen molar-refractivity contribution in [2.75, 3.05) is 7.11 Å². The van der Waals surface area contributed by atoms with E-state index in [1.165, 1.54) is 11.8 Å². The highest BCUT2D eigenvalue weighted by Gasteiger charge is 2.35. The first kappa shape index (κ1) is 19.8. The van der Waals surface area contributed by atoms with E-state index in [9.17, 15) is 17.4 Å². The summed E-state index contributed by atoms with van der Waals surface area (Å²) in [5.74, 6) is 0.577. The second-order valence-corrected chi connectivity index (χ2v) is 6.42. The minimum absolute atomic E-state index is 0.0598. The summed E-state index contributed by atoms with van der Waals surface area (Å²) in [5.41, 5.74) is 2.02. The lowest BCUT2D eigenvalue weighted by atomic mass is 10.00. The molecule has 0 unspecified atom stereocenters. The van der Waals surface area contributed by atoms with Crippen LogP contribution < -0.4 is 4.74 Å². The van der Waals surface area contributed by atoms with Gasteiger partial charge in [-0.1, -0.05) is 12.1 Å². The van der Waals surface area contributed by atoms with E-state index in [2.05, 4.69) is 9.46 Å². The maximum absolute atomic E-state index is 13.3. The Morgan fingerprint density at radius 2 is 1.79 bits per heavy atom. The van der Waals surface area contributed by atoms with Gasteiger partial charge in [0.15, 0.2) is 5.69 Å². The summed E-state index contributed by atoms with van der Waals surface area (Å²) in [7, 11) is 1.50. The Balaban J connectivity index is 2.27. The van der Waals surface area contributed by atoms with Gasteiger partial charge in [0, 0.05) is 5.56 Å². The molecule has 1 heterocycles. The maximum atomic E-state index is 13.3. The maximum Gasteiger partial charge on any atom is 0.435 e. The summed E-state index contributed by atoms with van der Waals surface area (Å²) >= 11 is 0.0598. The second kappa shape index (κ2) is 7.59. The third-order valence-electron chi connectivity index (χ3n) is 4.35. The zero-order valence-corrected chi connectivity index (χ0v) is 16.1. The molecule has 0 bridgehead atoms. The van der Waals surface area contributed by atoms with Gasteiger partial charge in [-0.2, -0.15) is 26.8 Å². The molecule has 2 aromatic carbocycles. The van der Waals surface area contributed by atoms with Crippen molar-refractivity contribution >= 4 is 17.2 Å². The molecule has 28 heavy (non-hydrogen) atoms. The van der Waals surface area contributed by atoms with Crippen LogP contribution in [-0.4, -0.2) is 21.1 Å². The summed E-state index contributed by atoms with van der Waals surface area (Å²) < 4.78 is 61.1. The average molecular weight is 407 g/mol. The lowest BCUT2D eigenvalue weighted by Crippen LogP contribution is -2.07. The van der Waals surface area contributed by atoms with Gasteiger partial charge in [0.2, 0.25) is 11.5 Å². The lowest BCUT2D eigenvalue weighted by Gasteiger charge is -2.13. The van der Waals surface area contributed by atoms with Gasteiger partial charge >= 0.3 is 6.18 Å². The summed E-state index contributed by atoms with van der Waals surface area (Å²) in [6.45, 7) is 3.50. The number of benzene rings is 2. The molecule has 0 spiro atoms. The van der Waals surface area contributed by atoms with Crippen molar-refractivity contribution in [3.8, 4) is 22.7 Å². The van der Waals surface area contributed by atoms with Crippen molar-refractivity contribution in [3.63, 3.8) is 0 Å². The van der Waals surface area contributed by atoms with Crippen molar-refractivity contribution in [2.45, 2.75) is 20.0 Å². The van der Waals surface area contributed by atoms with Gasteiger partial charge in [0.1, 0.15) is 5.75 Å². The van der Waals surface area contributed by atoms with Crippen molar-refractivity contribution in [1.82, 2.24) is 9.78 Å². The zero-order valence-electron chi connectivity index (χ0n) is 15.2. The average Bonchev–Trinajstić information content (AvgIpc) is 3.11. The Labute approximate surface area is 163 Å². The molecule has 1 aromatic heterocycles.